The summed E-state index contributed by atoms with van der Waals surface area (Å²) in [6.07, 6.45) is 3.98. The Morgan fingerprint density at radius 1 is 1.13 bits per heavy atom. The molecule has 0 bridgehead atoms. The minimum atomic E-state index is -4.07. The maximum Gasteiger partial charge on any atom is 1.00 e. The summed E-state index contributed by atoms with van der Waals surface area (Å²) in [7, 11) is -1.67. The van der Waals surface area contributed by atoms with Gasteiger partial charge < -0.3 is 14.4 Å². The van der Waals surface area contributed by atoms with Gasteiger partial charge in [0.2, 0.25) is 10.3 Å². The molecule has 0 aliphatic carbocycles. The average Bonchev–Trinajstić information content (AvgIpc) is 2.01. The second kappa shape index (κ2) is 14.3. The minimum absolute atomic E-state index is 0. The first-order valence-corrected chi connectivity index (χ1v) is 7.22. The molecule has 0 aliphatic rings. The maximum absolute atomic E-state index is 10.2. The van der Waals surface area contributed by atoms with Crippen LogP contribution >= 0.6 is 0 Å². The minimum Gasteiger partial charge on any atom is -0.746 e. The van der Waals surface area contributed by atoms with Gasteiger partial charge in [-0.25, -0.2) is 4.21 Å². The molecule has 0 aliphatic heterocycles. The summed E-state index contributed by atoms with van der Waals surface area (Å²) < 4.78 is 30.5. The van der Waals surface area contributed by atoms with E-state index >= 15 is 0 Å². The monoisotopic (exact) mass is 272 g/mol. The van der Waals surface area contributed by atoms with Crippen molar-refractivity contribution < 1.29 is 72.4 Å². The normalized spacial score (nSPS) is 10.1. The standard InChI is InChI=1S/C7H17NO3S2.2Na/c1-8-6-4-2-3-5-7-12-13(9,10)11;;/h8H,2-7H2,1H3,(H-,9,10,11);;/q;2*+1/p-1. The Bertz CT molecular complexity index is 224. The fourth-order valence-corrected chi connectivity index (χ4v) is 2.41. The molecule has 0 fully saturated rings. The van der Waals surface area contributed by atoms with Crippen molar-refractivity contribution >= 4 is 19.4 Å². The Morgan fingerprint density at radius 3 is 2.13 bits per heavy atom. The number of nitrogens with one attached hydrogen (secondary N) is 1. The van der Waals surface area contributed by atoms with Gasteiger partial charge in [-0.3, -0.25) is 0 Å². The van der Waals surface area contributed by atoms with Crippen LogP contribution in [-0.4, -0.2) is 32.7 Å². The van der Waals surface area contributed by atoms with E-state index < -0.39 is 9.05 Å². The van der Waals surface area contributed by atoms with Crippen LogP contribution in [0.2, 0.25) is 0 Å². The third kappa shape index (κ3) is 22.0. The number of hydrogen-bond acceptors (Lipinski definition) is 4. The molecule has 80 valence electrons. The van der Waals surface area contributed by atoms with Gasteiger partial charge in [-0.2, -0.15) is 0 Å². The summed E-state index contributed by atoms with van der Waals surface area (Å²) >= 11 is 0. The maximum atomic E-state index is 10.2. The zero-order valence-corrected chi connectivity index (χ0v) is 15.4. The van der Waals surface area contributed by atoms with Crippen LogP contribution in [0.15, 0.2) is 0 Å². The summed E-state index contributed by atoms with van der Waals surface area (Å²) in [5, 5.41) is 3.03. The van der Waals surface area contributed by atoms with Crippen molar-refractivity contribution in [2.24, 2.45) is 0 Å². The molecule has 0 saturated heterocycles. The molecule has 0 heterocycles. The Hall–Kier alpha value is 2.25. The third-order valence-corrected chi connectivity index (χ3v) is 3.66. The van der Waals surface area contributed by atoms with Crippen LogP contribution < -0.4 is 64.4 Å². The quantitative estimate of drug-likeness (QED) is 0.285. The van der Waals surface area contributed by atoms with E-state index in [1.165, 1.54) is 0 Å². The van der Waals surface area contributed by atoms with Crippen LogP contribution in [0.4, 0.5) is 0 Å². The van der Waals surface area contributed by atoms with Gasteiger partial charge in [0.25, 0.3) is 0 Å². The van der Waals surface area contributed by atoms with Crippen molar-refractivity contribution in [3.8, 4) is 0 Å². The van der Waals surface area contributed by atoms with E-state index in [4.69, 9.17) is 0 Å². The van der Waals surface area contributed by atoms with Crippen LogP contribution in [0, 0.1) is 0 Å². The zero-order valence-electron chi connectivity index (χ0n) is 9.78. The predicted molar refractivity (Wildman–Crippen MR) is 54.3 cm³/mol. The van der Waals surface area contributed by atoms with Crippen molar-refractivity contribution in [3.05, 3.63) is 0 Å². The molecule has 0 unspecified atom stereocenters. The van der Waals surface area contributed by atoms with E-state index in [1.54, 1.807) is 0 Å². The van der Waals surface area contributed by atoms with E-state index in [9.17, 15) is 13.3 Å². The molecular formula is C7H16NNa2O3S2+. The molecule has 1 N–H and O–H groups in total. The Labute approximate surface area is 140 Å². The van der Waals surface area contributed by atoms with Crippen LogP contribution in [0.25, 0.3) is 0 Å². The average molecular weight is 272 g/mol. The molecule has 4 nitrogen and oxygen atoms in total. The Balaban J connectivity index is -0.000000720. The molecule has 0 radical (unpaired) electrons. The van der Waals surface area contributed by atoms with E-state index in [0.717, 1.165) is 32.2 Å². The molecule has 0 aromatic rings. The van der Waals surface area contributed by atoms with E-state index in [2.05, 4.69) is 5.32 Å². The second-order valence-corrected chi connectivity index (χ2v) is 6.14. The molecule has 0 atom stereocenters. The predicted octanol–water partition coefficient (Wildman–Crippen LogP) is -5.68. The number of hydrogen-bond donors (Lipinski definition) is 1. The smallest absolute Gasteiger partial charge is 0.746 e. The fourth-order valence-electron chi connectivity index (χ4n) is 0.918. The molecule has 0 rings (SSSR count). The van der Waals surface area contributed by atoms with Gasteiger partial charge in [0.05, 0.1) is 9.05 Å². The largest absolute Gasteiger partial charge is 1.00 e. The molecular weight excluding hydrogens is 256 g/mol. The van der Waals surface area contributed by atoms with Gasteiger partial charge in [-0.1, -0.05) is 6.42 Å². The Kier molecular flexibility index (Phi) is 21.4. The topological polar surface area (TPSA) is 75.2 Å². The number of unbranched alkanes of at least 4 members (excludes halogenated alkanes) is 3. The summed E-state index contributed by atoms with van der Waals surface area (Å²) in [6, 6.07) is 0. The molecule has 0 saturated carbocycles. The zero-order chi connectivity index (χ0) is 10.2. The van der Waals surface area contributed by atoms with Crippen LogP contribution in [0.3, 0.4) is 0 Å². The molecule has 0 aromatic heterocycles. The Morgan fingerprint density at radius 2 is 1.67 bits per heavy atom. The summed E-state index contributed by atoms with van der Waals surface area (Å²) in [5.74, 6) is 0.422. The van der Waals surface area contributed by atoms with Gasteiger partial charge in [0.15, 0.2) is 5.75 Å². The summed E-state index contributed by atoms with van der Waals surface area (Å²) in [4.78, 5) is 0. The summed E-state index contributed by atoms with van der Waals surface area (Å²) in [5.41, 5.74) is 0. The summed E-state index contributed by atoms with van der Waals surface area (Å²) in [6.45, 7) is 0.993. The van der Waals surface area contributed by atoms with E-state index in [0.29, 0.717) is 16.1 Å². The van der Waals surface area contributed by atoms with Crippen molar-refractivity contribution in [1.82, 2.24) is 5.32 Å². The molecule has 15 heavy (non-hydrogen) atoms. The van der Waals surface area contributed by atoms with Crippen LogP contribution in [-0.2, 0) is 19.4 Å². The van der Waals surface area contributed by atoms with Gasteiger partial charge in [0, 0.05) is 6.42 Å². The SMILES string of the molecule is CNCCCCCC[S+]=S(=O)([O-])[O-].[Na+].[Na+]. The molecule has 0 aromatic carbocycles. The number of rotatable bonds is 7. The first-order valence-electron chi connectivity index (χ1n) is 4.31. The third-order valence-electron chi connectivity index (χ3n) is 1.55. The van der Waals surface area contributed by atoms with E-state index in [1.807, 2.05) is 7.05 Å². The first-order chi connectivity index (χ1) is 6.06. The second-order valence-electron chi connectivity index (χ2n) is 2.75. The van der Waals surface area contributed by atoms with Gasteiger partial charge in [0.1, 0.15) is 0 Å². The van der Waals surface area contributed by atoms with Crippen molar-refractivity contribution in [1.29, 1.82) is 0 Å². The van der Waals surface area contributed by atoms with Crippen LogP contribution in [0.5, 0.6) is 0 Å². The van der Waals surface area contributed by atoms with E-state index in [-0.39, 0.29) is 59.1 Å². The van der Waals surface area contributed by atoms with Gasteiger partial charge >= 0.3 is 59.1 Å². The van der Waals surface area contributed by atoms with Gasteiger partial charge in [-0.15, -0.1) is 0 Å². The van der Waals surface area contributed by atoms with Crippen molar-refractivity contribution in [2.45, 2.75) is 25.7 Å². The first kappa shape index (κ1) is 22.4. The molecule has 8 heteroatoms. The molecule has 0 amide bonds. The molecule has 0 spiro atoms. The van der Waals surface area contributed by atoms with Crippen molar-refractivity contribution in [2.75, 3.05) is 19.3 Å². The van der Waals surface area contributed by atoms with Gasteiger partial charge in [-0.05, 0) is 26.4 Å². The fraction of sp³-hybridized carbons (Fsp3) is 1.00. The van der Waals surface area contributed by atoms with Crippen molar-refractivity contribution in [3.63, 3.8) is 0 Å². The van der Waals surface area contributed by atoms with Crippen LogP contribution in [0.1, 0.15) is 25.7 Å².